The second kappa shape index (κ2) is 6.41. The first-order valence-corrected chi connectivity index (χ1v) is 8.05. The van der Waals surface area contributed by atoms with Crippen molar-refractivity contribution in [1.82, 2.24) is 15.1 Å². The maximum absolute atomic E-state index is 12.3. The molecule has 0 bridgehead atoms. The van der Waals surface area contributed by atoms with Crippen molar-refractivity contribution in [2.75, 3.05) is 31.1 Å². The second-order valence-corrected chi connectivity index (χ2v) is 6.26. The van der Waals surface area contributed by atoms with Crippen LogP contribution in [0.4, 0.5) is 5.82 Å². The molecule has 1 aromatic heterocycles. The van der Waals surface area contributed by atoms with Crippen LogP contribution >= 0.6 is 0 Å². The molecule has 5 heteroatoms. The zero-order valence-corrected chi connectivity index (χ0v) is 12.8. The number of nitrogens with zero attached hydrogens (tertiary/aromatic N) is 4. The first kappa shape index (κ1) is 14.3. The average molecular weight is 288 g/mol. The molecule has 2 fully saturated rings. The van der Waals surface area contributed by atoms with Crippen molar-refractivity contribution in [2.24, 2.45) is 5.92 Å². The molecule has 0 spiro atoms. The topological polar surface area (TPSA) is 49.3 Å². The minimum atomic E-state index is 0.344. The maximum Gasteiger partial charge on any atom is 0.222 e. The molecule has 1 aliphatic carbocycles. The van der Waals surface area contributed by atoms with Gasteiger partial charge in [-0.1, -0.05) is 12.8 Å². The van der Waals surface area contributed by atoms with E-state index in [0.717, 1.165) is 44.1 Å². The quantitative estimate of drug-likeness (QED) is 0.854. The van der Waals surface area contributed by atoms with Gasteiger partial charge in [-0.25, -0.2) is 0 Å². The average Bonchev–Trinajstić information content (AvgIpc) is 3.01. The number of carbonyl (C=O) groups is 1. The number of hydrogen-bond donors (Lipinski definition) is 0. The summed E-state index contributed by atoms with van der Waals surface area (Å²) in [6.45, 7) is 5.26. The lowest BCUT2D eigenvalue weighted by Crippen LogP contribution is -2.49. The Morgan fingerprint density at radius 2 is 1.86 bits per heavy atom. The third kappa shape index (κ3) is 3.52. The fourth-order valence-electron chi connectivity index (χ4n) is 3.34. The van der Waals surface area contributed by atoms with Crippen molar-refractivity contribution in [1.29, 1.82) is 0 Å². The molecule has 2 aliphatic rings. The van der Waals surface area contributed by atoms with E-state index in [-0.39, 0.29) is 0 Å². The minimum absolute atomic E-state index is 0.344. The van der Waals surface area contributed by atoms with Crippen LogP contribution in [0, 0.1) is 12.8 Å². The van der Waals surface area contributed by atoms with Crippen molar-refractivity contribution in [3.63, 3.8) is 0 Å². The standard InChI is InChI=1S/C16H24N4O/c1-13-6-7-15(18-17-13)19-8-10-20(11-9-19)16(21)12-14-4-2-3-5-14/h6-7,14H,2-5,8-12H2,1H3. The summed E-state index contributed by atoms with van der Waals surface area (Å²) in [6, 6.07) is 4.00. The molecule has 5 nitrogen and oxygen atoms in total. The number of aromatic nitrogens is 2. The lowest BCUT2D eigenvalue weighted by molar-refractivity contribution is -0.132. The summed E-state index contributed by atoms with van der Waals surface area (Å²) in [5.74, 6) is 1.90. The van der Waals surface area contributed by atoms with E-state index in [0.29, 0.717) is 11.8 Å². The van der Waals surface area contributed by atoms with Crippen LogP contribution in [0.25, 0.3) is 0 Å². The second-order valence-electron chi connectivity index (χ2n) is 6.26. The summed E-state index contributed by atoms with van der Waals surface area (Å²) in [4.78, 5) is 16.6. The SMILES string of the molecule is Cc1ccc(N2CCN(C(=O)CC3CCCC3)CC2)nn1. The normalized spacial score (nSPS) is 20.0. The van der Waals surface area contributed by atoms with Crippen molar-refractivity contribution in [2.45, 2.75) is 39.0 Å². The lowest BCUT2D eigenvalue weighted by atomic mass is 10.0. The van der Waals surface area contributed by atoms with Crippen LogP contribution in [0.15, 0.2) is 12.1 Å². The molecule has 2 heterocycles. The monoisotopic (exact) mass is 288 g/mol. The number of carbonyl (C=O) groups excluding carboxylic acids is 1. The molecular weight excluding hydrogens is 264 g/mol. The van der Waals surface area contributed by atoms with E-state index in [1.54, 1.807) is 0 Å². The van der Waals surface area contributed by atoms with Crippen LogP contribution in [-0.2, 0) is 4.79 Å². The van der Waals surface area contributed by atoms with Crippen LogP contribution < -0.4 is 4.90 Å². The molecule has 0 aromatic carbocycles. The fourth-order valence-corrected chi connectivity index (χ4v) is 3.34. The molecule has 1 aromatic rings. The van der Waals surface area contributed by atoms with Crippen LogP contribution in [0.3, 0.4) is 0 Å². The zero-order valence-electron chi connectivity index (χ0n) is 12.8. The summed E-state index contributed by atoms with van der Waals surface area (Å²) in [7, 11) is 0. The highest BCUT2D eigenvalue weighted by Crippen LogP contribution is 2.28. The molecule has 1 saturated carbocycles. The van der Waals surface area contributed by atoms with E-state index in [9.17, 15) is 4.79 Å². The Morgan fingerprint density at radius 1 is 1.14 bits per heavy atom. The van der Waals surface area contributed by atoms with Gasteiger partial charge in [0.25, 0.3) is 0 Å². The molecule has 0 radical (unpaired) electrons. The molecule has 0 N–H and O–H groups in total. The van der Waals surface area contributed by atoms with Gasteiger partial charge in [-0.3, -0.25) is 4.79 Å². The molecule has 1 saturated heterocycles. The predicted octanol–water partition coefficient (Wildman–Crippen LogP) is 2.01. The van der Waals surface area contributed by atoms with Crippen molar-refractivity contribution >= 4 is 11.7 Å². The highest BCUT2D eigenvalue weighted by atomic mass is 16.2. The zero-order chi connectivity index (χ0) is 14.7. The Morgan fingerprint density at radius 3 is 2.48 bits per heavy atom. The Hall–Kier alpha value is -1.65. The van der Waals surface area contributed by atoms with Gasteiger partial charge in [0, 0.05) is 32.6 Å². The van der Waals surface area contributed by atoms with E-state index in [1.807, 2.05) is 24.0 Å². The Kier molecular flexibility index (Phi) is 4.36. The van der Waals surface area contributed by atoms with E-state index in [1.165, 1.54) is 25.7 Å². The molecule has 1 amide bonds. The van der Waals surface area contributed by atoms with Gasteiger partial charge in [0.2, 0.25) is 5.91 Å². The number of rotatable bonds is 3. The van der Waals surface area contributed by atoms with E-state index >= 15 is 0 Å². The highest BCUT2D eigenvalue weighted by molar-refractivity contribution is 5.76. The van der Waals surface area contributed by atoms with Gasteiger partial charge < -0.3 is 9.80 Å². The number of aryl methyl sites for hydroxylation is 1. The Labute approximate surface area is 126 Å². The number of piperazine rings is 1. The van der Waals surface area contributed by atoms with Crippen molar-refractivity contribution < 1.29 is 4.79 Å². The highest BCUT2D eigenvalue weighted by Gasteiger charge is 2.25. The van der Waals surface area contributed by atoms with Crippen molar-refractivity contribution in [3.05, 3.63) is 17.8 Å². The van der Waals surface area contributed by atoms with Crippen LogP contribution in [0.1, 0.15) is 37.8 Å². The van der Waals surface area contributed by atoms with Gasteiger partial charge in [-0.2, -0.15) is 5.10 Å². The van der Waals surface area contributed by atoms with E-state index < -0.39 is 0 Å². The van der Waals surface area contributed by atoms with Gasteiger partial charge in [0.15, 0.2) is 5.82 Å². The van der Waals surface area contributed by atoms with Gasteiger partial charge in [0.05, 0.1) is 5.69 Å². The Balaban J connectivity index is 1.50. The van der Waals surface area contributed by atoms with Gasteiger partial charge in [-0.05, 0) is 37.8 Å². The lowest BCUT2D eigenvalue weighted by Gasteiger charge is -2.35. The van der Waals surface area contributed by atoms with E-state index in [2.05, 4.69) is 15.1 Å². The van der Waals surface area contributed by atoms with E-state index in [4.69, 9.17) is 0 Å². The first-order valence-electron chi connectivity index (χ1n) is 8.05. The summed E-state index contributed by atoms with van der Waals surface area (Å²) in [6.07, 6.45) is 5.84. The molecule has 1 aliphatic heterocycles. The summed E-state index contributed by atoms with van der Waals surface area (Å²) in [5.41, 5.74) is 0.934. The van der Waals surface area contributed by atoms with Crippen LogP contribution in [0.2, 0.25) is 0 Å². The van der Waals surface area contributed by atoms with Gasteiger partial charge in [-0.15, -0.1) is 5.10 Å². The molecule has 0 atom stereocenters. The Bertz CT molecular complexity index is 474. The molecule has 114 valence electrons. The summed E-state index contributed by atoms with van der Waals surface area (Å²) >= 11 is 0. The largest absolute Gasteiger partial charge is 0.352 e. The first-order chi connectivity index (χ1) is 10.2. The minimum Gasteiger partial charge on any atom is -0.352 e. The van der Waals surface area contributed by atoms with Crippen LogP contribution in [-0.4, -0.2) is 47.2 Å². The predicted molar refractivity (Wildman–Crippen MR) is 82.1 cm³/mol. The summed E-state index contributed by atoms with van der Waals surface area (Å²) < 4.78 is 0. The van der Waals surface area contributed by atoms with Crippen LogP contribution in [0.5, 0.6) is 0 Å². The number of amides is 1. The molecule has 21 heavy (non-hydrogen) atoms. The third-order valence-electron chi connectivity index (χ3n) is 4.68. The fraction of sp³-hybridized carbons (Fsp3) is 0.688. The number of anilines is 1. The maximum atomic E-state index is 12.3. The molecule has 0 unspecified atom stereocenters. The van der Waals surface area contributed by atoms with Crippen molar-refractivity contribution in [3.8, 4) is 0 Å². The molecular formula is C16H24N4O. The van der Waals surface area contributed by atoms with Gasteiger partial charge in [0.1, 0.15) is 0 Å². The summed E-state index contributed by atoms with van der Waals surface area (Å²) in [5, 5.41) is 8.33. The third-order valence-corrected chi connectivity index (χ3v) is 4.68. The number of hydrogen-bond acceptors (Lipinski definition) is 4. The smallest absolute Gasteiger partial charge is 0.222 e. The molecule has 3 rings (SSSR count). The van der Waals surface area contributed by atoms with Gasteiger partial charge >= 0.3 is 0 Å².